The quantitative estimate of drug-likeness (QED) is 0.256. The van der Waals surface area contributed by atoms with Crippen LogP contribution in [0.1, 0.15) is 119 Å². The molecule has 10 atom stereocenters. The fourth-order valence-electron chi connectivity index (χ4n) is 13.8. The summed E-state index contributed by atoms with van der Waals surface area (Å²) in [6, 6.07) is 0. The first-order valence-electron chi connectivity index (χ1n) is 17.8. The van der Waals surface area contributed by atoms with Gasteiger partial charge in [-0.1, -0.05) is 58.9 Å². The van der Waals surface area contributed by atoms with Gasteiger partial charge in [0.15, 0.2) is 0 Å². The number of aliphatic carboxylic acids is 1. The highest BCUT2D eigenvalue weighted by molar-refractivity contribution is 5.75. The maximum Gasteiger partial charge on any atom is 0.312 e. The Balaban J connectivity index is 1.21. The van der Waals surface area contributed by atoms with Gasteiger partial charge in [0.05, 0.1) is 5.41 Å². The number of carbonyl (C=O) groups is 1. The van der Waals surface area contributed by atoms with Gasteiger partial charge in [0, 0.05) is 18.6 Å². The summed E-state index contributed by atoms with van der Waals surface area (Å²) in [6.07, 6.45) is 18.0. The van der Waals surface area contributed by atoms with Crippen molar-refractivity contribution in [3.8, 4) is 0 Å². The van der Waals surface area contributed by atoms with E-state index in [0.29, 0.717) is 47.5 Å². The minimum atomic E-state index is -1.23. The van der Waals surface area contributed by atoms with Crippen molar-refractivity contribution in [1.29, 1.82) is 0 Å². The second-order valence-electron chi connectivity index (χ2n) is 18.0. The SMILES string of the molecule is C=C(C)[C@@H]1CC[C@]2(N3CC3)CC[C@]3(C)[C@H](CC[C@@H]4[C@@]5(C)CC=C(C6=CCC(CF)(C(=O)O)CC6)C(C)(C)[C@@H]5CC[C@]43C)[C@@H]12. The molecule has 4 heteroatoms. The summed E-state index contributed by atoms with van der Waals surface area (Å²) in [6.45, 7) is 21.8. The lowest BCUT2D eigenvalue weighted by molar-refractivity contribution is -0.224. The van der Waals surface area contributed by atoms with Crippen LogP contribution < -0.4 is 0 Å². The standard InChI is InChI=1S/C39H58FNO2/c1-25(2)27-12-19-39(41-22-23-41)21-20-36(6)29(32(27)39)8-9-31-35(5)15-13-28(34(3,4)30(35)14-16-37(31,36)7)26-10-17-38(24-40,18-11-26)33(42)43/h10,13,27,29-32H,1,8-9,11-12,14-24H2,2-7H3,(H,42,43)/t27-,29+,30-,31+,32+,35-,36+,37+,38?,39-/m0/s1. The third kappa shape index (κ3) is 3.83. The summed E-state index contributed by atoms with van der Waals surface area (Å²) in [5, 5.41) is 9.76. The Kier molecular flexibility index (Phi) is 6.72. The van der Waals surface area contributed by atoms with Crippen molar-refractivity contribution in [2.45, 2.75) is 124 Å². The zero-order valence-corrected chi connectivity index (χ0v) is 28.0. The number of nitrogens with zero attached hydrogens (tertiary/aromatic N) is 1. The number of carboxylic acids is 1. The number of allylic oxidation sites excluding steroid dienone is 5. The van der Waals surface area contributed by atoms with Crippen LogP contribution in [-0.4, -0.2) is 41.3 Å². The van der Waals surface area contributed by atoms with Gasteiger partial charge in [-0.25, -0.2) is 4.39 Å². The van der Waals surface area contributed by atoms with Crippen molar-refractivity contribution in [2.75, 3.05) is 19.8 Å². The van der Waals surface area contributed by atoms with E-state index in [0.717, 1.165) is 24.2 Å². The van der Waals surface area contributed by atoms with Crippen molar-refractivity contribution in [3.63, 3.8) is 0 Å². The van der Waals surface area contributed by atoms with E-state index in [1.807, 2.05) is 0 Å². The minimum absolute atomic E-state index is 0.0360. The van der Waals surface area contributed by atoms with Crippen LogP contribution in [0.3, 0.4) is 0 Å². The molecule has 5 fully saturated rings. The molecule has 0 bridgehead atoms. The third-order valence-corrected chi connectivity index (χ3v) is 16.3. The molecule has 0 aromatic carbocycles. The molecule has 1 unspecified atom stereocenters. The number of fused-ring (bicyclic) bond motifs is 7. The number of carboxylic acid groups (broad SMARTS) is 1. The minimum Gasteiger partial charge on any atom is -0.481 e. The zero-order valence-electron chi connectivity index (χ0n) is 28.0. The molecule has 238 valence electrons. The number of hydrogen-bond donors (Lipinski definition) is 1. The van der Waals surface area contributed by atoms with E-state index in [1.54, 1.807) is 0 Å². The molecule has 1 N–H and O–H groups in total. The molecular formula is C39H58FNO2. The smallest absolute Gasteiger partial charge is 0.312 e. The van der Waals surface area contributed by atoms with E-state index in [1.165, 1.54) is 81.2 Å². The lowest BCUT2D eigenvalue weighted by Crippen LogP contribution is -2.67. The Bertz CT molecular complexity index is 1280. The lowest BCUT2D eigenvalue weighted by atomic mass is 9.33. The molecule has 0 radical (unpaired) electrons. The van der Waals surface area contributed by atoms with Crippen molar-refractivity contribution in [3.05, 3.63) is 35.5 Å². The third-order valence-electron chi connectivity index (χ3n) is 16.3. The fraction of sp³-hybridized carbons (Fsp3) is 0.821. The van der Waals surface area contributed by atoms with Crippen molar-refractivity contribution >= 4 is 5.97 Å². The molecule has 1 aliphatic heterocycles. The van der Waals surface area contributed by atoms with Gasteiger partial charge < -0.3 is 5.11 Å². The van der Waals surface area contributed by atoms with Crippen LogP contribution in [0.15, 0.2) is 35.5 Å². The maximum absolute atomic E-state index is 13.9. The first kappa shape index (κ1) is 30.2. The molecule has 0 spiro atoms. The second-order valence-corrected chi connectivity index (χ2v) is 18.0. The molecule has 7 rings (SSSR count). The average Bonchev–Trinajstić information content (AvgIpc) is 3.74. The van der Waals surface area contributed by atoms with E-state index < -0.39 is 18.1 Å². The van der Waals surface area contributed by atoms with E-state index in [9.17, 15) is 14.3 Å². The Morgan fingerprint density at radius 3 is 2.28 bits per heavy atom. The molecule has 43 heavy (non-hydrogen) atoms. The molecule has 1 saturated heterocycles. The molecule has 3 nitrogen and oxygen atoms in total. The molecule has 0 aromatic rings. The first-order chi connectivity index (χ1) is 20.2. The number of hydrogen-bond acceptors (Lipinski definition) is 2. The fourth-order valence-corrected chi connectivity index (χ4v) is 13.8. The summed E-state index contributed by atoms with van der Waals surface area (Å²) < 4.78 is 13.9. The van der Waals surface area contributed by atoms with Gasteiger partial charge in [-0.05, 0) is 146 Å². The van der Waals surface area contributed by atoms with Crippen LogP contribution in [0.5, 0.6) is 0 Å². The van der Waals surface area contributed by atoms with Gasteiger partial charge in [-0.3, -0.25) is 9.69 Å². The Morgan fingerprint density at radius 2 is 1.67 bits per heavy atom. The Labute approximate surface area is 260 Å². The predicted octanol–water partition coefficient (Wildman–Crippen LogP) is 9.40. The molecular weight excluding hydrogens is 533 g/mol. The van der Waals surface area contributed by atoms with Gasteiger partial charge in [0.25, 0.3) is 0 Å². The Hall–Kier alpha value is -1.42. The van der Waals surface area contributed by atoms with Gasteiger partial charge in [-0.15, -0.1) is 0 Å². The molecule has 0 amide bonds. The molecule has 0 aromatic heterocycles. The monoisotopic (exact) mass is 591 g/mol. The number of halogens is 1. The van der Waals surface area contributed by atoms with Crippen LogP contribution in [0.4, 0.5) is 4.39 Å². The molecule has 7 aliphatic rings. The van der Waals surface area contributed by atoms with Crippen molar-refractivity contribution < 1.29 is 14.3 Å². The summed E-state index contributed by atoms with van der Waals surface area (Å²) >= 11 is 0. The number of alkyl halides is 1. The molecule has 4 saturated carbocycles. The largest absolute Gasteiger partial charge is 0.481 e. The van der Waals surface area contributed by atoms with Crippen LogP contribution >= 0.6 is 0 Å². The molecule has 6 aliphatic carbocycles. The molecule has 1 heterocycles. The van der Waals surface area contributed by atoms with Crippen LogP contribution in [-0.2, 0) is 4.79 Å². The van der Waals surface area contributed by atoms with Crippen molar-refractivity contribution in [2.24, 2.45) is 56.7 Å². The van der Waals surface area contributed by atoms with E-state index in [4.69, 9.17) is 0 Å². The summed E-state index contributed by atoms with van der Waals surface area (Å²) in [5.41, 5.74) is 4.42. The van der Waals surface area contributed by atoms with Gasteiger partial charge in [-0.2, -0.15) is 0 Å². The van der Waals surface area contributed by atoms with Crippen molar-refractivity contribution in [1.82, 2.24) is 4.90 Å². The summed E-state index contributed by atoms with van der Waals surface area (Å²) in [7, 11) is 0. The number of rotatable bonds is 5. The normalized spacial score (nSPS) is 50.3. The van der Waals surface area contributed by atoms with Gasteiger partial charge in [0.2, 0.25) is 0 Å². The van der Waals surface area contributed by atoms with E-state index >= 15 is 0 Å². The highest BCUT2D eigenvalue weighted by atomic mass is 19.1. The van der Waals surface area contributed by atoms with Gasteiger partial charge >= 0.3 is 5.97 Å². The van der Waals surface area contributed by atoms with Crippen LogP contribution in [0.2, 0.25) is 0 Å². The van der Waals surface area contributed by atoms with Gasteiger partial charge in [0.1, 0.15) is 6.67 Å². The maximum atomic E-state index is 13.9. The highest BCUT2D eigenvalue weighted by Crippen LogP contribution is 2.77. The average molecular weight is 592 g/mol. The first-order valence-corrected chi connectivity index (χ1v) is 17.8. The zero-order chi connectivity index (χ0) is 30.8. The topological polar surface area (TPSA) is 40.3 Å². The lowest BCUT2D eigenvalue weighted by Gasteiger charge is -2.72. The summed E-state index contributed by atoms with van der Waals surface area (Å²) in [4.78, 5) is 14.8. The Morgan fingerprint density at radius 1 is 0.930 bits per heavy atom. The van der Waals surface area contributed by atoms with Crippen LogP contribution in [0.25, 0.3) is 0 Å². The van der Waals surface area contributed by atoms with Crippen LogP contribution in [0, 0.1) is 56.7 Å². The highest BCUT2D eigenvalue weighted by Gasteiger charge is 2.71. The van der Waals surface area contributed by atoms with E-state index in [-0.39, 0.29) is 10.8 Å². The predicted molar refractivity (Wildman–Crippen MR) is 172 cm³/mol. The second kappa shape index (κ2) is 9.55. The summed E-state index contributed by atoms with van der Waals surface area (Å²) in [5.74, 6) is 2.63. The van der Waals surface area contributed by atoms with E-state index in [2.05, 4.69) is 65.2 Å².